The Morgan fingerprint density at radius 3 is 2.61 bits per heavy atom. The number of H-pyrrole nitrogens is 1. The lowest BCUT2D eigenvalue weighted by Crippen LogP contribution is -1.99. The first-order valence-corrected chi connectivity index (χ1v) is 6.41. The second kappa shape index (κ2) is 4.42. The van der Waals surface area contributed by atoms with Crippen molar-refractivity contribution in [3.05, 3.63) is 70.3 Å². The minimum atomic E-state index is 0.0455. The van der Waals surface area contributed by atoms with Crippen molar-refractivity contribution in [1.29, 1.82) is 0 Å². The average molecular weight is 300 g/mol. The van der Waals surface area contributed by atoms with E-state index in [0.717, 1.165) is 15.4 Å². The molecule has 3 aromatic rings. The highest BCUT2D eigenvalue weighted by Crippen LogP contribution is 2.24. The van der Waals surface area contributed by atoms with Crippen molar-refractivity contribution in [3.8, 4) is 0 Å². The van der Waals surface area contributed by atoms with E-state index in [0.29, 0.717) is 11.1 Å². The van der Waals surface area contributed by atoms with Crippen LogP contribution < -0.4 is 0 Å². The van der Waals surface area contributed by atoms with Gasteiger partial charge in [-0.05, 0) is 12.1 Å². The van der Waals surface area contributed by atoms with E-state index >= 15 is 0 Å². The molecule has 88 valence electrons. The van der Waals surface area contributed by atoms with Crippen molar-refractivity contribution in [3.63, 3.8) is 0 Å². The predicted octanol–water partition coefficient (Wildman–Crippen LogP) is 4.16. The van der Waals surface area contributed by atoms with Crippen LogP contribution in [0.2, 0.25) is 0 Å². The fraction of sp³-hybridized carbons (Fsp3) is 0. The van der Waals surface area contributed by atoms with Gasteiger partial charge in [0.15, 0.2) is 5.78 Å². The van der Waals surface area contributed by atoms with Gasteiger partial charge in [-0.1, -0.05) is 52.3 Å². The molecule has 1 aromatic heterocycles. The number of carbonyl (C=O) groups excluding carboxylic acids is 1. The van der Waals surface area contributed by atoms with Crippen molar-refractivity contribution >= 4 is 32.6 Å². The highest BCUT2D eigenvalue weighted by Gasteiger charge is 2.13. The first-order chi connectivity index (χ1) is 8.75. The molecule has 2 aromatic carbocycles. The number of fused-ring (bicyclic) bond motifs is 1. The fourth-order valence-corrected chi connectivity index (χ4v) is 2.39. The van der Waals surface area contributed by atoms with Gasteiger partial charge in [0.05, 0.1) is 0 Å². The van der Waals surface area contributed by atoms with Crippen LogP contribution in [0.25, 0.3) is 10.9 Å². The molecule has 0 amide bonds. The van der Waals surface area contributed by atoms with Crippen LogP contribution in [-0.2, 0) is 0 Å². The highest BCUT2D eigenvalue weighted by molar-refractivity contribution is 9.10. The molecule has 3 rings (SSSR count). The SMILES string of the molecule is O=C(c1ccccc1)c1c[nH]c2cc(Br)ccc12. The van der Waals surface area contributed by atoms with E-state index in [1.54, 1.807) is 6.20 Å². The van der Waals surface area contributed by atoms with Crippen molar-refractivity contribution < 1.29 is 4.79 Å². The molecule has 0 atom stereocenters. The quantitative estimate of drug-likeness (QED) is 0.708. The lowest BCUT2D eigenvalue weighted by molar-refractivity contribution is 0.104. The van der Waals surface area contributed by atoms with E-state index in [9.17, 15) is 4.79 Å². The minimum Gasteiger partial charge on any atom is -0.360 e. The zero-order valence-electron chi connectivity index (χ0n) is 9.48. The number of aromatic nitrogens is 1. The third kappa shape index (κ3) is 1.87. The number of hydrogen-bond acceptors (Lipinski definition) is 1. The molecule has 0 unspecified atom stereocenters. The normalized spacial score (nSPS) is 10.7. The number of hydrogen-bond donors (Lipinski definition) is 1. The number of benzene rings is 2. The van der Waals surface area contributed by atoms with E-state index in [-0.39, 0.29) is 5.78 Å². The summed E-state index contributed by atoms with van der Waals surface area (Å²) in [5.41, 5.74) is 2.38. The van der Waals surface area contributed by atoms with Gasteiger partial charge in [-0.2, -0.15) is 0 Å². The van der Waals surface area contributed by atoms with E-state index in [2.05, 4.69) is 20.9 Å². The summed E-state index contributed by atoms with van der Waals surface area (Å²) in [6, 6.07) is 15.2. The van der Waals surface area contributed by atoms with Gasteiger partial charge in [0, 0.05) is 32.7 Å². The molecule has 0 saturated carbocycles. The van der Waals surface area contributed by atoms with Crippen LogP contribution in [0.5, 0.6) is 0 Å². The Morgan fingerprint density at radius 2 is 1.83 bits per heavy atom. The summed E-state index contributed by atoms with van der Waals surface area (Å²) in [6.07, 6.45) is 1.77. The summed E-state index contributed by atoms with van der Waals surface area (Å²) < 4.78 is 0.996. The zero-order valence-corrected chi connectivity index (χ0v) is 11.1. The molecule has 18 heavy (non-hydrogen) atoms. The third-order valence-corrected chi connectivity index (χ3v) is 3.42. The molecular weight excluding hydrogens is 290 g/mol. The van der Waals surface area contributed by atoms with Crippen LogP contribution in [0, 0.1) is 0 Å². The fourth-order valence-electron chi connectivity index (χ4n) is 2.03. The largest absolute Gasteiger partial charge is 0.360 e. The van der Waals surface area contributed by atoms with Gasteiger partial charge in [0.2, 0.25) is 0 Å². The summed E-state index contributed by atoms with van der Waals surface area (Å²) in [6.45, 7) is 0. The van der Waals surface area contributed by atoms with Crippen LogP contribution >= 0.6 is 15.9 Å². The maximum atomic E-state index is 12.4. The van der Waals surface area contributed by atoms with Crippen LogP contribution in [0.3, 0.4) is 0 Å². The summed E-state index contributed by atoms with van der Waals surface area (Å²) >= 11 is 3.42. The van der Waals surface area contributed by atoms with Gasteiger partial charge in [-0.25, -0.2) is 0 Å². The molecule has 0 bridgehead atoms. The molecule has 0 spiro atoms. The molecule has 0 aliphatic carbocycles. The Bertz CT molecular complexity index is 716. The molecule has 2 nitrogen and oxygen atoms in total. The van der Waals surface area contributed by atoms with Crippen molar-refractivity contribution in [2.45, 2.75) is 0 Å². The second-order valence-electron chi connectivity index (χ2n) is 4.09. The number of rotatable bonds is 2. The van der Waals surface area contributed by atoms with Gasteiger partial charge in [0.25, 0.3) is 0 Å². The summed E-state index contributed by atoms with van der Waals surface area (Å²) in [5, 5.41) is 0.951. The molecule has 0 radical (unpaired) electrons. The monoisotopic (exact) mass is 299 g/mol. The number of halogens is 1. The summed E-state index contributed by atoms with van der Waals surface area (Å²) in [7, 11) is 0. The first kappa shape index (κ1) is 11.2. The second-order valence-corrected chi connectivity index (χ2v) is 5.00. The molecule has 3 heteroatoms. The van der Waals surface area contributed by atoms with Crippen molar-refractivity contribution in [2.24, 2.45) is 0 Å². The molecule has 1 N–H and O–H groups in total. The summed E-state index contributed by atoms with van der Waals surface area (Å²) in [5.74, 6) is 0.0455. The van der Waals surface area contributed by atoms with Gasteiger partial charge >= 0.3 is 0 Å². The van der Waals surface area contributed by atoms with Crippen LogP contribution in [0.15, 0.2) is 59.2 Å². The highest BCUT2D eigenvalue weighted by atomic mass is 79.9. The van der Waals surface area contributed by atoms with Gasteiger partial charge in [-0.15, -0.1) is 0 Å². The molecular formula is C15H10BrNO. The van der Waals surface area contributed by atoms with Crippen molar-refractivity contribution in [2.75, 3.05) is 0 Å². The van der Waals surface area contributed by atoms with Crippen LogP contribution in [0.1, 0.15) is 15.9 Å². The Morgan fingerprint density at radius 1 is 1.06 bits per heavy atom. The maximum absolute atomic E-state index is 12.4. The molecule has 0 aliphatic rings. The number of carbonyl (C=O) groups is 1. The van der Waals surface area contributed by atoms with E-state index in [1.165, 1.54) is 0 Å². The number of nitrogens with one attached hydrogen (secondary N) is 1. The molecule has 0 saturated heterocycles. The predicted molar refractivity (Wildman–Crippen MR) is 75.9 cm³/mol. The standard InChI is InChI=1S/C15H10BrNO/c16-11-6-7-12-13(9-17-14(12)8-11)15(18)10-4-2-1-3-5-10/h1-9,17H. The number of aromatic amines is 1. The van der Waals surface area contributed by atoms with E-state index < -0.39 is 0 Å². The van der Waals surface area contributed by atoms with Crippen LogP contribution in [0.4, 0.5) is 0 Å². The Hall–Kier alpha value is -1.87. The first-order valence-electron chi connectivity index (χ1n) is 5.62. The Kier molecular flexibility index (Phi) is 2.76. The summed E-state index contributed by atoms with van der Waals surface area (Å²) in [4.78, 5) is 15.5. The minimum absolute atomic E-state index is 0.0455. The zero-order chi connectivity index (χ0) is 12.5. The molecule has 0 aliphatic heterocycles. The lowest BCUT2D eigenvalue weighted by atomic mass is 10.0. The van der Waals surface area contributed by atoms with E-state index in [4.69, 9.17) is 0 Å². The Labute approximate surface area is 113 Å². The molecule has 0 fully saturated rings. The van der Waals surface area contributed by atoms with E-state index in [1.807, 2.05) is 48.5 Å². The number of ketones is 1. The van der Waals surface area contributed by atoms with Gasteiger partial charge in [-0.3, -0.25) is 4.79 Å². The van der Waals surface area contributed by atoms with Crippen LogP contribution in [-0.4, -0.2) is 10.8 Å². The third-order valence-electron chi connectivity index (χ3n) is 2.92. The smallest absolute Gasteiger partial charge is 0.195 e. The Balaban J connectivity index is 2.13. The lowest BCUT2D eigenvalue weighted by Gasteiger charge is -1.99. The topological polar surface area (TPSA) is 32.9 Å². The molecule has 1 heterocycles. The van der Waals surface area contributed by atoms with Gasteiger partial charge < -0.3 is 4.98 Å². The maximum Gasteiger partial charge on any atom is 0.195 e. The average Bonchev–Trinajstić information content (AvgIpc) is 2.81. The van der Waals surface area contributed by atoms with Crippen molar-refractivity contribution in [1.82, 2.24) is 4.98 Å². The van der Waals surface area contributed by atoms with Gasteiger partial charge in [0.1, 0.15) is 0 Å².